The van der Waals surface area contributed by atoms with E-state index >= 15 is 0 Å². The number of fused-ring (bicyclic) bond motifs is 1. The summed E-state index contributed by atoms with van der Waals surface area (Å²) in [6.07, 6.45) is -10.4. The Labute approximate surface area is 287 Å². The number of hydrogen-bond donors (Lipinski definition) is 3. The van der Waals surface area contributed by atoms with E-state index in [0.29, 0.717) is 4.31 Å². The summed E-state index contributed by atoms with van der Waals surface area (Å²) in [4.78, 5) is 17.9. The number of ether oxygens (including phenoxy) is 2. The van der Waals surface area contributed by atoms with Crippen LogP contribution in [-0.2, 0) is 42.4 Å². The lowest BCUT2D eigenvalue weighted by Crippen LogP contribution is -2.41. The smallest absolute Gasteiger partial charge is 0.465 e. The number of nitrogens with zero attached hydrogens (tertiary/aromatic N) is 2. The van der Waals surface area contributed by atoms with Crippen LogP contribution in [0.2, 0.25) is 5.02 Å². The fourth-order valence-corrected chi connectivity index (χ4v) is 7.20. The number of hydrogen-bond acceptors (Lipinski definition) is 8. The van der Waals surface area contributed by atoms with Crippen LogP contribution in [0.5, 0.6) is 5.75 Å². The number of benzene rings is 3. The molecule has 0 radical (unpaired) electrons. The number of aromatic amines is 1. The topological polar surface area (TPSA) is 174 Å². The van der Waals surface area contributed by atoms with E-state index in [4.69, 9.17) is 21.5 Å². The summed E-state index contributed by atoms with van der Waals surface area (Å²) in [5.74, 6) is -2.29. The van der Waals surface area contributed by atoms with E-state index in [9.17, 15) is 48.0 Å². The van der Waals surface area contributed by atoms with Gasteiger partial charge in [-0.2, -0.15) is 21.6 Å². The van der Waals surface area contributed by atoms with Crippen molar-refractivity contribution in [3.8, 4) is 5.75 Å². The minimum atomic E-state index is -5.28. The molecule has 1 heterocycles. The molecule has 0 aliphatic heterocycles. The van der Waals surface area contributed by atoms with Crippen LogP contribution >= 0.6 is 27.5 Å². The van der Waals surface area contributed by atoms with Gasteiger partial charge in [0, 0.05) is 4.47 Å². The second-order valence-electron chi connectivity index (χ2n) is 10.0. The van der Waals surface area contributed by atoms with Gasteiger partial charge in [-0.25, -0.2) is 27.6 Å². The molecule has 0 saturated heterocycles. The zero-order valence-electron chi connectivity index (χ0n) is 24.6. The number of imidazole rings is 1. The molecule has 0 fully saturated rings. The van der Waals surface area contributed by atoms with Crippen molar-refractivity contribution in [1.82, 2.24) is 14.7 Å². The molecule has 4 aromatic rings. The molecule has 0 amide bonds. The second-order valence-corrected chi connectivity index (χ2v) is 14.5. The van der Waals surface area contributed by atoms with Crippen molar-refractivity contribution in [2.45, 2.75) is 36.8 Å². The molecule has 0 bridgehead atoms. The van der Waals surface area contributed by atoms with Crippen molar-refractivity contribution in [3.05, 3.63) is 81.0 Å². The minimum Gasteiger partial charge on any atom is -0.465 e. The molecule has 266 valence electrons. The van der Waals surface area contributed by atoms with Gasteiger partial charge in [-0.05, 0) is 67.4 Å². The summed E-state index contributed by atoms with van der Waals surface area (Å²) in [5, 5.41) is 4.98. The molecular weight excluding hydrogens is 800 g/mol. The van der Waals surface area contributed by atoms with Gasteiger partial charge in [0.05, 0.1) is 40.0 Å². The zero-order chi connectivity index (χ0) is 36.5. The maximum absolute atomic E-state index is 13.6. The summed E-state index contributed by atoms with van der Waals surface area (Å²) in [6.45, 7) is 0.580. The minimum absolute atomic E-state index is 0.00641. The molecule has 49 heavy (non-hydrogen) atoms. The molecule has 0 spiro atoms. The second kappa shape index (κ2) is 14.3. The fraction of sp³-hybridized carbons (Fsp3) is 0.259. The average Bonchev–Trinajstić information content (AvgIpc) is 3.38. The van der Waals surface area contributed by atoms with E-state index in [-0.39, 0.29) is 44.2 Å². The summed E-state index contributed by atoms with van der Waals surface area (Å²) in [7, 11) is -9.48. The van der Waals surface area contributed by atoms with Crippen molar-refractivity contribution in [2.24, 2.45) is 5.14 Å². The Morgan fingerprint density at radius 3 is 2.35 bits per heavy atom. The first kappa shape index (κ1) is 38.2. The highest BCUT2D eigenvalue weighted by Gasteiger charge is 2.36. The van der Waals surface area contributed by atoms with Crippen LogP contribution in [0.3, 0.4) is 0 Å². The summed E-state index contributed by atoms with van der Waals surface area (Å²) in [5.41, 5.74) is -1.28. The lowest BCUT2D eigenvalue weighted by molar-refractivity contribution is -0.275. The molecule has 0 aliphatic carbocycles. The summed E-state index contributed by atoms with van der Waals surface area (Å²) < 4.78 is 143. The van der Waals surface area contributed by atoms with Gasteiger partial charge in [0.2, 0.25) is 10.0 Å². The largest absolute Gasteiger partial charge is 0.573 e. The number of carbonyl (C=O) groups is 1. The maximum atomic E-state index is 13.6. The molecule has 4 rings (SSSR count). The predicted molar refractivity (Wildman–Crippen MR) is 167 cm³/mol. The number of halogens is 8. The van der Waals surface area contributed by atoms with Gasteiger partial charge in [0.1, 0.15) is 17.3 Å². The van der Waals surface area contributed by atoms with Crippen molar-refractivity contribution < 1.29 is 57.4 Å². The Morgan fingerprint density at radius 2 is 1.76 bits per heavy atom. The number of sulfonamides is 1. The van der Waals surface area contributed by atoms with E-state index in [0.717, 1.165) is 42.5 Å². The number of alkyl halides is 6. The van der Waals surface area contributed by atoms with E-state index in [2.05, 4.69) is 35.4 Å². The monoisotopic (exact) mass is 821 g/mol. The van der Waals surface area contributed by atoms with Crippen LogP contribution in [0.4, 0.5) is 32.0 Å². The molecule has 12 nitrogen and oxygen atoms in total. The van der Waals surface area contributed by atoms with Gasteiger partial charge < -0.3 is 14.5 Å². The molecule has 0 unspecified atom stereocenters. The summed E-state index contributed by atoms with van der Waals surface area (Å²) >= 11 is 9.31. The van der Waals surface area contributed by atoms with Crippen molar-refractivity contribution >= 4 is 70.5 Å². The van der Waals surface area contributed by atoms with Crippen molar-refractivity contribution in [1.29, 1.82) is 0 Å². The Kier molecular flexibility index (Phi) is 11.1. The van der Waals surface area contributed by atoms with Gasteiger partial charge in [0.25, 0.3) is 10.2 Å². The zero-order valence-corrected chi connectivity index (χ0v) is 28.5. The highest BCUT2D eigenvalue weighted by molar-refractivity contribution is 9.10. The number of rotatable bonds is 12. The average molecular weight is 823 g/mol. The Hall–Kier alpha value is -3.63. The molecule has 1 aromatic heterocycles. The van der Waals surface area contributed by atoms with Crippen molar-refractivity contribution in [3.63, 3.8) is 0 Å². The first-order chi connectivity index (χ1) is 22.6. The van der Waals surface area contributed by atoms with Gasteiger partial charge in [-0.15, -0.1) is 13.2 Å². The van der Waals surface area contributed by atoms with E-state index in [1.165, 1.54) is 19.1 Å². The number of nitrogens with two attached hydrogens (primary N) is 1. The predicted octanol–water partition coefficient (Wildman–Crippen LogP) is 5.73. The molecule has 0 saturated carbocycles. The Morgan fingerprint density at radius 1 is 1.06 bits per heavy atom. The van der Waals surface area contributed by atoms with Gasteiger partial charge in [-0.3, -0.25) is 4.79 Å². The van der Waals surface area contributed by atoms with Crippen LogP contribution in [0, 0.1) is 0 Å². The normalized spacial score (nSPS) is 13.3. The molecule has 0 aliphatic rings. The number of carbonyl (C=O) groups excluding carboxylic acids is 1. The number of esters is 1. The summed E-state index contributed by atoms with van der Waals surface area (Å²) in [6, 6.07) is 7.34. The first-order valence-electron chi connectivity index (χ1n) is 13.5. The van der Waals surface area contributed by atoms with E-state index < -0.39 is 74.0 Å². The third-order valence-corrected chi connectivity index (χ3v) is 9.73. The fourth-order valence-electron chi connectivity index (χ4n) is 4.48. The van der Waals surface area contributed by atoms with Crippen LogP contribution in [-0.4, -0.2) is 52.3 Å². The Balaban J connectivity index is 1.79. The number of nitrogens with one attached hydrogen (secondary N) is 2. The Bertz CT molecular complexity index is 2100. The first-order valence-corrected chi connectivity index (χ1v) is 17.6. The third kappa shape index (κ3) is 9.75. The van der Waals surface area contributed by atoms with Gasteiger partial charge in [0.15, 0.2) is 5.75 Å². The lowest BCUT2D eigenvalue weighted by Gasteiger charge is -2.23. The molecule has 1 atom stereocenters. The maximum Gasteiger partial charge on any atom is 0.573 e. The standard InChI is InChI=1S/C27H23BrClF6N5O7S2/c1-2-46-24(41)13-40(49(36,44)45)21-7-3-14(9-17(21)29)10-20(25-37-18-6-4-15(26(30,31)32)11-19(18)38-25)39-48(42,43)23-8-5-16(28)12-22(23)47-27(33,34)35/h3-9,11-12,20,39H,2,10,13H2,1H3,(H,37,38)(H2,36,44,45)/t20-/m0/s1. The SMILES string of the molecule is CCOC(=O)CN(c1ccc(C[C@H](NS(=O)(=O)c2ccc(Br)cc2OC(F)(F)F)c2nc3ccc(C(F)(F)F)cc3[nH]2)cc1Cl)S(N)(=O)=O. The third-order valence-electron chi connectivity index (χ3n) is 6.48. The number of H-pyrrole nitrogens is 1. The van der Waals surface area contributed by atoms with E-state index in [1.807, 2.05) is 0 Å². The number of anilines is 1. The quantitative estimate of drug-likeness (QED) is 0.120. The molecule has 22 heteroatoms. The number of aromatic nitrogens is 2. The lowest BCUT2D eigenvalue weighted by atomic mass is 10.1. The van der Waals surface area contributed by atoms with Crippen LogP contribution in [0.1, 0.15) is 29.9 Å². The highest BCUT2D eigenvalue weighted by Crippen LogP contribution is 2.35. The molecule has 4 N–H and O–H groups in total. The molecular formula is C27H23BrClF6N5O7S2. The van der Waals surface area contributed by atoms with Crippen LogP contribution < -0.4 is 18.9 Å². The van der Waals surface area contributed by atoms with Gasteiger partial charge >= 0.3 is 18.5 Å². The van der Waals surface area contributed by atoms with Crippen LogP contribution in [0.25, 0.3) is 11.0 Å². The van der Waals surface area contributed by atoms with Crippen LogP contribution in [0.15, 0.2) is 64.0 Å². The highest BCUT2D eigenvalue weighted by atomic mass is 79.9. The van der Waals surface area contributed by atoms with Crippen molar-refractivity contribution in [2.75, 3.05) is 17.5 Å². The van der Waals surface area contributed by atoms with Gasteiger partial charge in [-0.1, -0.05) is 33.6 Å². The molecule has 3 aromatic carbocycles. The van der Waals surface area contributed by atoms with E-state index in [1.54, 1.807) is 0 Å².